The number of hydrogen-bond acceptors (Lipinski definition) is 7. The van der Waals surface area contributed by atoms with Crippen LogP contribution in [0.1, 0.15) is 53.7 Å². The second kappa shape index (κ2) is 13.5. The Hall–Kier alpha value is -3.46. The Labute approximate surface area is 253 Å². The van der Waals surface area contributed by atoms with E-state index in [1.165, 1.54) is 6.07 Å². The number of imide groups is 1. The van der Waals surface area contributed by atoms with E-state index >= 15 is 0 Å². The van der Waals surface area contributed by atoms with Gasteiger partial charge in [-0.25, -0.2) is 4.79 Å². The van der Waals surface area contributed by atoms with E-state index in [0.29, 0.717) is 5.56 Å². The number of amides is 2. The number of carbonyl (C=O) groups excluding carboxylic acids is 3. The minimum Gasteiger partial charge on any atom is -0.491 e. The molecule has 7 nitrogen and oxygen atoms in total. The van der Waals surface area contributed by atoms with Crippen LogP contribution in [0, 0.1) is 6.92 Å². The lowest BCUT2D eigenvalue weighted by molar-refractivity contribution is -0.123. The zero-order chi connectivity index (χ0) is 29.7. The Morgan fingerprint density at radius 1 is 1.00 bits per heavy atom. The third kappa shape index (κ3) is 7.25. The summed E-state index contributed by atoms with van der Waals surface area (Å²) in [6.07, 6.45) is 1.55. The average molecular weight is 615 g/mol. The number of carbonyl (C=O) groups is 3. The fourth-order valence-electron chi connectivity index (χ4n) is 4.14. The molecule has 0 unspecified atom stereocenters. The first kappa shape index (κ1) is 30.5. The van der Waals surface area contributed by atoms with E-state index in [9.17, 15) is 14.4 Å². The molecule has 0 aliphatic carbocycles. The molecule has 1 heterocycles. The van der Waals surface area contributed by atoms with Crippen molar-refractivity contribution in [3.05, 3.63) is 91.8 Å². The SMILES string of the molecule is CCOc1cc(/C=C2\SC(=O)N(CCOc3cc(C)ccc3C(C)C)C2=O)cc(Cl)c1OC(=O)c1ccccc1Cl. The van der Waals surface area contributed by atoms with Crippen molar-refractivity contribution in [1.29, 1.82) is 0 Å². The maximum Gasteiger partial charge on any atom is 0.345 e. The molecule has 4 rings (SSSR count). The molecule has 214 valence electrons. The molecule has 41 heavy (non-hydrogen) atoms. The molecule has 1 fully saturated rings. The molecule has 10 heteroatoms. The highest BCUT2D eigenvalue weighted by molar-refractivity contribution is 8.18. The highest BCUT2D eigenvalue weighted by Gasteiger charge is 2.35. The minimum atomic E-state index is -0.694. The van der Waals surface area contributed by atoms with Gasteiger partial charge in [0.05, 0.1) is 33.7 Å². The predicted molar refractivity (Wildman–Crippen MR) is 162 cm³/mol. The van der Waals surface area contributed by atoms with Gasteiger partial charge < -0.3 is 14.2 Å². The van der Waals surface area contributed by atoms with Gasteiger partial charge in [-0.3, -0.25) is 14.5 Å². The van der Waals surface area contributed by atoms with Crippen molar-refractivity contribution in [1.82, 2.24) is 4.90 Å². The molecule has 0 radical (unpaired) electrons. The normalized spacial score (nSPS) is 14.2. The van der Waals surface area contributed by atoms with Crippen molar-refractivity contribution in [2.75, 3.05) is 19.8 Å². The zero-order valence-electron chi connectivity index (χ0n) is 23.0. The van der Waals surface area contributed by atoms with Crippen molar-refractivity contribution in [2.45, 2.75) is 33.6 Å². The van der Waals surface area contributed by atoms with Crippen molar-refractivity contribution in [2.24, 2.45) is 0 Å². The number of benzene rings is 3. The fourth-order valence-corrected chi connectivity index (χ4v) is 5.48. The van der Waals surface area contributed by atoms with E-state index in [2.05, 4.69) is 13.8 Å². The zero-order valence-corrected chi connectivity index (χ0v) is 25.4. The van der Waals surface area contributed by atoms with Gasteiger partial charge in [-0.1, -0.05) is 61.3 Å². The Kier molecular flexibility index (Phi) is 10.0. The van der Waals surface area contributed by atoms with Gasteiger partial charge in [0.15, 0.2) is 11.5 Å². The lowest BCUT2D eigenvalue weighted by Crippen LogP contribution is -2.32. The van der Waals surface area contributed by atoms with Crippen molar-refractivity contribution >= 4 is 58.2 Å². The Morgan fingerprint density at radius 2 is 1.76 bits per heavy atom. The highest BCUT2D eigenvalue weighted by atomic mass is 35.5. The molecule has 0 atom stereocenters. The summed E-state index contributed by atoms with van der Waals surface area (Å²) < 4.78 is 17.2. The fraction of sp³-hybridized carbons (Fsp3) is 0.258. The van der Waals surface area contributed by atoms with Crippen LogP contribution >= 0.6 is 35.0 Å². The molecule has 3 aromatic carbocycles. The van der Waals surface area contributed by atoms with E-state index in [0.717, 1.165) is 33.5 Å². The third-order valence-corrected chi connectivity index (χ3v) is 7.67. The molecule has 1 aliphatic rings. The molecule has 2 amide bonds. The van der Waals surface area contributed by atoms with Crippen LogP contribution in [0.4, 0.5) is 4.79 Å². The minimum absolute atomic E-state index is 0.0257. The smallest absolute Gasteiger partial charge is 0.345 e. The second-order valence-electron chi connectivity index (χ2n) is 9.51. The number of hydrogen-bond donors (Lipinski definition) is 0. The molecule has 0 N–H and O–H groups in total. The highest BCUT2D eigenvalue weighted by Crippen LogP contribution is 2.40. The lowest BCUT2D eigenvalue weighted by atomic mass is 10.0. The Morgan fingerprint density at radius 3 is 2.46 bits per heavy atom. The van der Waals surface area contributed by atoms with Crippen molar-refractivity contribution in [3.63, 3.8) is 0 Å². The van der Waals surface area contributed by atoms with Gasteiger partial charge >= 0.3 is 5.97 Å². The van der Waals surface area contributed by atoms with E-state index in [1.54, 1.807) is 43.3 Å². The first-order valence-electron chi connectivity index (χ1n) is 13.0. The summed E-state index contributed by atoms with van der Waals surface area (Å²) in [7, 11) is 0. The Balaban J connectivity index is 1.50. The topological polar surface area (TPSA) is 82.1 Å². The Bertz CT molecular complexity index is 1520. The van der Waals surface area contributed by atoms with E-state index in [-0.39, 0.29) is 62.9 Å². The standard InChI is InChI=1S/C31H29Cl2NO6S/c1-5-38-26-16-20(15-24(33)28(26)40-30(36)22-8-6-7-9-23(22)32)17-27-29(35)34(31(37)41-27)12-13-39-25-14-19(4)10-11-21(25)18(2)3/h6-11,14-18H,5,12-13H2,1-4H3/b27-17-. The number of thioether (sulfide) groups is 1. The summed E-state index contributed by atoms with van der Waals surface area (Å²) in [4.78, 5) is 39.9. The van der Waals surface area contributed by atoms with E-state index in [1.807, 2.05) is 25.1 Å². The second-order valence-corrected chi connectivity index (χ2v) is 11.3. The van der Waals surface area contributed by atoms with Crippen LogP contribution in [0.5, 0.6) is 17.2 Å². The summed E-state index contributed by atoms with van der Waals surface area (Å²) in [5.74, 6) is 0.123. The molecule has 0 bridgehead atoms. The van der Waals surface area contributed by atoms with Gasteiger partial charge in [0, 0.05) is 0 Å². The molecule has 1 saturated heterocycles. The van der Waals surface area contributed by atoms with Crippen LogP contribution in [0.15, 0.2) is 59.5 Å². The van der Waals surface area contributed by atoms with Crippen LogP contribution in [-0.2, 0) is 4.79 Å². The average Bonchev–Trinajstić information content (AvgIpc) is 3.18. The van der Waals surface area contributed by atoms with Gasteiger partial charge in [-0.05, 0) is 84.6 Å². The first-order chi connectivity index (χ1) is 19.6. The monoisotopic (exact) mass is 613 g/mol. The summed E-state index contributed by atoms with van der Waals surface area (Å²) in [6.45, 7) is 8.46. The lowest BCUT2D eigenvalue weighted by Gasteiger charge is -2.17. The van der Waals surface area contributed by atoms with Crippen LogP contribution in [-0.4, -0.2) is 41.8 Å². The molecule has 3 aromatic rings. The predicted octanol–water partition coefficient (Wildman–Crippen LogP) is 8.16. The third-order valence-electron chi connectivity index (χ3n) is 6.16. The number of halogens is 2. The largest absolute Gasteiger partial charge is 0.491 e. The quantitative estimate of drug-likeness (QED) is 0.129. The van der Waals surface area contributed by atoms with E-state index < -0.39 is 11.9 Å². The molecule has 1 aliphatic heterocycles. The van der Waals surface area contributed by atoms with Crippen LogP contribution in [0.3, 0.4) is 0 Å². The molecule has 0 aromatic heterocycles. The number of rotatable bonds is 10. The van der Waals surface area contributed by atoms with Gasteiger partial charge in [0.2, 0.25) is 0 Å². The maximum atomic E-state index is 13.1. The van der Waals surface area contributed by atoms with Crippen molar-refractivity contribution < 1.29 is 28.6 Å². The van der Waals surface area contributed by atoms with Gasteiger partial charge in [0.1, 0.15) is 12.4 Å². The van der Waals surface area contributed by atoms with Gasteiger partial charge in [0.25, 0.3) is 11.1 Å². The van der Waals surface area contributed by atoms with Crippen molar-refractivity contribution in [3.8, 4) is 17.2 Å². The molecular formula is C31H29Cl2NO6S. The van der Waals surface area contributed by atoms with E-state index in [4.69, 9.17) is 37.4 Å². The molecular weight excluding hydrogens is 585 g/mol. The molecule has 0 spiro atoms. The number of esters is 1. The maximum absolute atomic E-state index is 13.1. The molecule has 0 saturated carbocycles. The number of ether oxygens (including phenoxy) is 3. The number of aryl methyl sites for hydroxylation is 1. The van der Waals surface area contributed by atoms with Gasteiger partial charge in [-0.15, -0.1) is 0 Å². The van der Waals surface area contributed by atoms with Gasteiger partial charge in [-0.2, -0.15) is 0 Å². The summed E-state index contributed by atoms with van der Waals surface area (Å²) >= 11 is 13.4. The first-order valence-corrected chi connectivity index (χ1v) is 14.6. The van der Waals surface area contributed by atoms with Crippen LogP contribution in [0.25, 0.3) is 6.08 Å². The number of nitrogens with zero attached hydrogens (tertiary/aromatic N) is 1. The summed E-state index contributed by atoms with van der Waals surface area (Å²) in [5.41, 5.74) is 2.80. The van der Waals surface area contributed by atoms with Crippen LogP contribution < -0.4 is 14.2 Å². The van der Waals surface area contributed by atoms with Crippen LogP contribution in [0.2, 0.25) is 10.0 Å². The summed E-state index contributed by atoms with van der Waals surface area (Å²) in [5, 5.41) is -0.0579. The summed E-state index contributed by atoms with van der Waals surface area (Å²) in [6, 6.07) is 15.6.